The first-order chi connectivity index (χ1) is 11.5. The minimum atomic E-state index is -0.915. The fourth-order valence-electron chi connectivity index (χ4n) is 2.66. The summed E-state index contributed by atoms with van der Waals surface area (Å²) in [6.07, 6.45) is -4.78. The largest absolute Gasteiger partial charge is 0.509 e. The van der Waals surface area contributed by atoms with Gasteiger partial charge in [0.15, 0.2) is 17.9 Å². The lowest BCUT2D eigenvalue weighted by molar-refractivity contribution is -0.246. The zero-order valence-electron chi connectivity index (χ0n) is 13.0. The van der Waals surface area contributed by atoms with E-state index < -0.39 is 42.8 Å². The van der Waals surface area contributed by atoms with Crippen molar-refractivity contribution in [1.82, 2.24) is 0 Å². The Bertz CT molecular complexity index is 681. The Hall–Kier alpha value is -2.79. The van der Waals surface area contributed by atoms with Crippen LogP contribution in [0.2, 0.25) is 0 Å². The summed E-state index contributed by atoms with van der Waals surface area (Å²) in [6.45, 7) is 9.89. The van der Waals surface area contributed by atoms with Gasteiger partial charge >= 0.3 is 12.1 Å². The van der Waals surface area contributed by atoms with Gasteiger partial charge in [-0.25, -0.2) is 9.64 Å². The zero-order chi connectivity index (χ0) is 17.3. The van der Waals surface area contributed by atoms with Crippen molar-refractivity contribution in [3.05, 3.63) is 35.7 Å². The molecule has 8 nitrogen and oxygen atoms in total. The van der Waals surface area contributed by atoms with E-state index in [9.17, 15) is 9.59 Å². The second-order valence-electron chi connectivity index (χ2n) is 5.42. The van der Waals surface area contributed by atoms with E-state index in [1.165, 1.54) is 6.92 Å². The summed E-state index contributed by atoms with van der Waals surface area (Å²) in [5, 5.41) is 0. The highest BCUT2D eigenvalue weighted by Crippen LogP contribution is 2.34. The van der Waals surface area contributed by atoms with Crippen LogP contribution in [0.15, 0.2) is 24.3 Å². The van der Waals surface area contributed by atoms with Gasteiger partial charge in [0.05, 0.1) is 12.7 Å². The number of carbonyl (C=O) groups excluding carboxylic acids is 2. The molecule has 24 heavy (non-hydrogen) atoms. The van der Waals surface area contributed by atoms with Gasteiger partial charge in [0, 0.05) is 6.92 Å². The standard InChI is InChI=1S/C16H15NO7/c1-8-12(21-9(2)18)13-14(24-16(19)23-13)15(20-8)22-11-6-4-10(17-3)5-7-11/h4-8,12-15H,1-2H3/t8-,12-,13+,14+,15+/m0/s1. The monoisotopic (exact) mass is 333 g/mol. The maximum absolute atomic E-state index is 11.5. The molecular formula is C16H15NO7. The van der Waals surface area contributed by atoms with E-state index in [0.717, 1.165) is 0 Å². The van der Waals surface area contributed by atoms with Crippen molar-refractivity contribution < 1.29 is 33.3 Å². The van der Waals surface area contributed by atoms with E-state index in [-0.39, 0.29) is 0 Å². The predicted octanol–water partition coefficient (Wildman–Crippen LogP) is 2.20. The van der Waals surface area contributed by atoms with Crippen molar-refractivity contribution >= 4 is 17.8 Å². The third-order valence-electron chi connectivity index (χ3n) is 3.71. The van der Waals surface area contributed by atoms with Crippen molar-refractivity contribution in [2.75, 3.05) is 0 Å². The number of nitrogens with zero attached hydrogens (tertiary/aromatic N) is 1. The number of fused-ring (bicyclic) bond motifs is 1. The second-order valence-corrected chi connectivity index (χ2v) is 5.42. The molecule has 0 aliphatic carbocycles. The van der Waals surface area contributed by atoms with Gasteiger partial charge in [0.1, 0.15) is 5.75 Å². The van der Waals surface area contributed by atoms with Crippen LogP contribution in [0, 0.1) is 6.57 Å². The van der Waals surface area contributed by atoms with E-state index >= 15 is 0 Å². The predicted molar refractivity (Wildman–Crippen MR) is 78.4 cm³/mol. The topological polar surface area (TPSA) is 84.6 Å². The van der Waals surface area contributed by atoms with Crippen LogP contribution in [-0.2, 0) is 23.7 Å². The molecule has 0 aromatic heterocycles. The molecule has 5 atom stereocenters. The maximum atomic E-state index is 11.5. The average molecular weight is 333 g/mol. The molecule has 2 aliphatic rings. The summed E-state index contributed by atoms with van der Waals surface area (Å²) >= 11 is 0. The Kier molecular flexibility index (Phi) is 4.27. The van der Waals surface area contributed by atoms with Gasteiger partial charge in [-0.05, 0) is 19.1 Å². The minimum absolute atomic E-state index is 0.451. The van der Waals surface area contributed by atoms with E-state index in [4.69, 9.17) is 30.3 Å². The molecule has 2 saturated heterocycles. The molecule has 1 aromatic rings. The van der Waals surface area contributed by atoms with E-state index in [2.05, 4.69) is 4.85 Å². The van der Waals surface area contributed by atoms with Gasteiger partial charge in [0.2, 0.25) is 12.4 Å². The van der Waals surface area contributed by atoms with Crippen molar-refractivity contribution in [2.24, 2.45) is 0 Å². The Morgan fingerprint density at radius 1 is 1.21 bits per heavy atom. The smallest absolute Gasteiger partial charge is 0.461 e. The summed E-state index contributed by atoms with van der Waals surface area (Å²) in [4.78, 5) is 26.0. The van der Waals surface area contributed by atoms with Gasteiger partial charge < -0.3 is 23.7 Å². The van der Waals surface area contributed by atoms with Crippen LogP contribution in [0.1, 0.15) is 13.8 Å². The summed E-state index contributed by atoms with van der Waals surface area (Å²) in [5.41, 5.74) is 0.476. The quantitative estimate of drug-likeness (QED) is 0.619. The fourth-order valence-corrected chi connectivity index (χ4v) is 2.66. The van der Waals surface area contributed by atoms with E-state index in [0.29, 0.717) is 11.4 Å². The average Bonchev–Trinajstić information content (AvgIpc) is 2.93. The number of hydrogen-bond acceptors (Lipinski definition) is 7. The lowest BCUT2D eigenvalue weighted by atomic mass is 9.99. The van der Waals surface area contributed by atoms with Gasteiger partial charge in [-0.3, -0.25) is 4.79 Å². The first kappa shape index (κ1) is 16.1. The summed E-state index contributed by atoms with van der Waals surface area (Å²) < 4.78 is 26.8. The van der Waals surface area contributed by atoms with E-state index in [1.54, 1.807) is 31.2 Å². The van der Waals surface area contributed by atoms with Gasteiger partial charge in [-0.15, -0.1) is 0 Å². The Morgan fingerprint density at radius 2 is 1.88 bits per heavy atom. The molecule has 0 saturated carbocycles. The van der Waals surface area contributed by atoms with Crippen LogP contribution in [0.25, 0.3) is 4.85 Å². The summed E-state index contributed by atoms with van der Waals surface area (Å²) in [6, 6.07) is 6.44. The first-order valence-corrected chi connectivity index (χ1v) is 7.32. The van der Waals surface area contributed by atoms with Crippen LogP contribution in [0.3, 0.4) is 0 Å². The number of esters is 1. The molecule has 0 unspecified atom stereocenters. The van der Waals surface area contributed by atoms with Crippen LogP contribution < -0.4 is 4.74 Å². The molecule has 0 spiro atoms. The lowest BCUT2D eigenvalue weighted by Gasteiger charge is -2.38. The SMILES string of the molecule is [C-]#[N+]c1ccc(O[C@H]2O[C@@H](C)[C@H](OC(C)=O)[C@H]3OC(=O)O[C@@H]23)cc1. The third kappa shape index (κ3) is 3.12. The zero-order valence-corrected chi connectivity index (χ0v) is 13.0. The minimum Gasteiger partial charge on any atom is -0.461 e. The first-order valence-electron chi connectivity index (χ1n) is 7.32. The molecule has 8 heteroatoms. The Balaban J connectivity index is 1.78. The number of benzene rings is 1. The summed E-state index contributed by atoms with van der Waals surface area (Å²) in [5.74, 6) is -0.0570. The summed E-state index contributed by atoms with van der Waals surface area (Å²) in [7, 11) is 0. The van der Waals surface area contributed by atoms with Gasteiger partial charge in [0.25, 0.3) is 0 Å². The van der Waals surface area contributed by atoms with Crippen molar-refractivity contribution in [1.29, 1.82) is 0 Å². The number of ether oxygens (including phenoxy) is 5. The Morgan fingerprint density at radius 3 is 2.50 bits per heavy atom. The van der Waals surface area contributed by atoms with Crippen molar-refractivity contribution in [2.45, 2.75) is 44.6 Å². The van der Waals surface area contributed by atoms with Crippen LogP contribution in [0.4, 0.5) is 10.5 Å². The van der Waals surface area contributed by atoms with E-state index in [1.807, 2.05) is 0 Å². The molecule has 0 N–H and O–H groups in total. The van der Waals surface area contributed by atoms with Crippen LogP contribution in [0.5, 0.6) is 5.75 Å². The molecule has 1 aromatic carbocycles. The Labute approximate surface area is 138 Å². The van der Waals surface area contributed by atoms with Gasteiger partial charge in [-0.1, -0.05) is 12.1 Å². The highest BCUT2D eigenvalue weighted by atomic mass is 16.8. The molecule has 0 bridgehead atoms. The molecule has 2 heterocycles. The molecule has 0 amide bonds. The maximum Gasteiger partial charge on any atom is 0.509 e. The second kappa shape index (κ2) is 6.37. The highest BCUT2D eigenvalue weighted by Gasteiger charge is 2.55. The lowest BCUT2D eigenvalue weighted by Crippen LogP contribution is -2.58. The van der Waals surface area contributed by atoms with Crippen LogP contribution in [-0.4, -0.2) is 42.8 Å². The third-order valence-corrected chi connectivity index (χ3v) is 3.71. The van der Waals surface area contributed by atoms with Crippen LogP contribution >= 0.6 is 0 Å². The highest BCUT2D eigenvalue weighted by molar-refractivity contribution is 5.67. The molecule has 2 aliphatic heterocycles. The van der Waals surface area contributed by atoms with Gasteiger partial charge in [-0.2, -0.15) is 0 Å². The van der Waals surface area contributed by atoms with Crippen molar-refractivity contribution in [3.63, 3.8) is 0 Å². The van der Waals surface area contributed by atoms with Crippen molar-refractivity contribution in [3.8, 4) is 5.75 Å². The molecule has 0 radical (unpaired) electrons. The number of hydrogen-bond donors (Lipinski definition) is 0. The fraction of sp³-hybridized carbons (Fsp3) is 0.438. The molecule has 2 fully saturated rings. The normalized spacial score (nSPS) is 31.2. The number of carbonyl (C=O) groups is 2. The number of rotatable bonds is 3. The molecular weight excluding hydrogens is 318 g/mol. The molecule has 3 rings (SSSR count). The molecule has 126 valence electrons.